The number of Topliss-reactive ketones (excluding diaryl/α,β-unsaturated/α-hetero) is 1. The highest BCUT2D eigenvalue weighted by molar-refractivity contribution is 6.01. The van der Waals surface area contributed by atoms with Gasteiger partial charge in [0.15, 0.2) is 5.78 Å². The van der Waals surface area contributed by atoms with E-state index in [9.17, 15) is 14.9 Å². The number of benzene rings is 3. The summed E-state index contributed by atoms with van der Waals surface area (Å²) in [5.74, 6) is -0.0567. The first-order chi connectivity index (χ1) is 15.5. The number of nitrogens with zero attached hydrogens (tertiary/aromatic N) is 1. The van der Waals surface area contributed by atoms with Gasteiger partial charge in [0.05, 0.1) is 22.3 Å². The molecule has 6 heteroatoms. The highest BCUT2D eigenvalue weighted by atomic mass is 16.6. The minimum absolute atomic E-state index is 0.0492. The number of ketones is 1. The van der Waals surface area contributed by atoms with E-state index in [0.717, 1.165) is 39.3 Å². The predicted octanol–water partition coefficient (Wildman–Crippen LogP) is 5.88. The summed E-state index contributed by atoms with van der Waals surface area (Å²) in [7, 11) is 0. The lowest BCUT2D eigenvalue weighted by Gasteiger charge is -2.30. The molecule has 1 heterocycles. The Kier molecular flexibility index (Phi) is 4.98. The van der Waals surface area contributed by atoms with E-state index in [4.69, 9.17) is 0 Å². The number of allylic oxidation sites excluding steroid dienone is 1. The van der Waals surface area contributed by atoms with Gasteiger partial charge in [-0.1, -0.05) is 54.1 Å². The maximum Gasteiger partial charge on any atom is 0.269 e. The molecule has 0 saturated heterocycles. The van der Waals surface area contributed by atoms with Crippen molar-refractivity contribution in [2.45, 2.75) is 31.7 Å². The van der Waals surface area contributed by atoms with Crippen molar-refractivity contribution in [3.05, 3.63) is 111 Å². The Morgan fingerprint density at radius 3 is 2.41 bits per heavy atom. The van der Waals surface area contributed by atoms with Crippen molar-refractivity contribution in [1.29, 1.82) is 0 Å². The van der Waals surface area contributed by atoms with Crippen molar-refractivity contribution in [2.24, 2.45) is 0 Å². The van der Waals surface area contributed by atoms with Gasteiger partial charge in [-0.2, -0.15) is 0 Å². The molecule has 0 amide bonds. The van der Waals surface area contributed by atoms with E-state index >= 15 is 0 Å². The second-order valence-electron chi connectivity index (χ2n) is 8.43. The molecule has 3 aromatic rings. The van der Waals surface area contributed by atoms with Gasteiger partial charge in [0.25, 0.3) is 5.69 Å². The van der Waals surface area contributed by atoms with Crippen LogP contribution in [0.15, 0.2) is 84.1 Å². The van der Waals surface area contributed by atoms with Gasteiger partial charge in [-0.25, -0.2) is 0 Å². The molecule has 2 aliphatic rings. The number of nitro groups is 1. The van der Waals surface area contributed by atoms with E-state index in [2.05, 4.69) is 34.9 Å². The number of nitrogens with one attached hydrogen (secondary N) is 2. The van der Waals surface area contributed by atoms with E-state index in [1.807, 2.05) is 37.3 Å². The molecule has 6 nitrogen and oxygen atoms in total. The number of non-ortho nitro benzene ring substituents is 1. The number of carbonyl (C=O) groups excluding carboxylic acids is 1. The Labute approximate surface area is 186 Å². The van der Waals surface area contributed by atoms with Gasteiger partial charge in [0.1, 0.15) is 0 Å². The highest BCUT2D eigenvalue weighted by Crippen LogP contribution is 2.44. The molecule has 1 aliphatic heterocycles. The molecule has 0 fully saturated rings. The topological polar surface area (TPSA) is 84.3 Å². The SMILES string of the molecule is Cc1ccc(C2Nc3ccccc3NC3=C2C(=O)CC(c2cccc([N+](=O)[O-])c2)C3)cc1. The number of carbonyl (C=O) groups is 1. The molecule has 2 N–H and O–H groups in total. The summed E-state index contributed by atoms with van der Waals surface area (Å²) in [6, 6.07) is 22.5. The molecular weight excluding hydrogens is 402 g/mol. The van der Waals surface area contributed by atoms with Gasteiger partial charge >= 0.3 is 0 Å². The van der Waals surface area contributed by atoms with E-state index in [0.29, 0.717) is 12.8 Å². The Bertz CT molecular complexity index is 1250. The Hall–Kier alpha value is -3.93. The zero-order valence-electron chi connectivity index (χ0n) is 17.7. The lowest BCUT2D eigenvalue weighted by atomic mass is 9.78. The third-order valence-corrected chi connectivity index (χ3v) is 6.27. The molecule has 1 aliphatic carbocycles. The summed E-state index contributed by atoms with van der Waals surface area (Å²) >= 11 is 0. The summed E-state index contributed by atoms with van der Waals surface area (Å²) in [5.41, 5.74) is 6.53. The number of rotatable bonds is 3. The number of aryl methyl sites for hydroxylation is 1. The van der Waals surface area contributed by atoms with Gasteiger partial charge in [-0.15, -0.1) is 0 Å². The number of hydrogen-bond acceptors (Lipinski definition) is 5. The molecule has 2 atom stereocenters. The third-order valence-electron chi connectivity index (χ3n) is 6.27. The van der Waals surface area contributed by atoms with Crippen LogP contribution in [0.5, 0.6) is 0 Å². The van der Waals surface area contributed by atoms with Gasteiger partial charge in [-0.05, 0) is 42.5 Å². The summed E-state index contributed by atoms with van der Waals surface area (Å²) < 4.78 is 0. The van der Waals surface area contributed by atoms with Crippen molar-refractivity contribution in [1.82, 2.24) is 0 Å². The lowest BCUT2D eigenvalue weighted by Crippen LogP contribution is -2.26. The minimum atomic E-state index is -0.393. The smallest absolute Gasteiger partial charge is 0.269 e. The van der Waals surface area contributed by atoms with Crippen LogP contribution in [0.2, 0.25) is 0 Å². The van der Waals surface area contributed by atoms with E-state index in [1.54, 1.807) is 12.1 Å². The largest absolute Gasteiger partial charge is 0.372 e. The zero-order valence-corrected chi connectivity index (χ0v) is 17.7. The van der Waals surface area contributed by atoms with Crippen molar-refractivity contribution < 1.29 is 9.72 Å². The second-order valence-corrected chi connectivity index (χ2v) is 8.43. The maximum atomic E-state index is 13.5. The summed E-state index contributed by atoms with van der Waals surface area (Å²) in [5, 5.41) is 18.3. The fraction of sp³-hybridized carbons (Fsp3) is 0.192. The second kappa shape index (κ2) is 7.96. The first-order valence-electron chi connectivity index (χ1n) is 10.7. The maximum absolute atomic E-state index is 13.5. The fourth-order valence-corrected chi connectivity index (χ4v) is 4.63. The van der Waals surface area contributed by atoms with Crippen molar-refractivity contribution in [3.8, 4) is 0 Å². The molecule has 2 unspecified atom stereocenters. The quantitative estimate of drug-likeness (QED) is 0.404. The van der Waals surface area contributed by atoms with Crippen LogP contribution in [0, 0.1) is 17.0 Å². The van der Waals surface area contributed by atoms with Gasteiger partial charge in [-0.3, -0.25) is 14.9 Å². The summed E-state index contributed by atoms with van der Waals surface area (Å²) in [4.78, 5) is 24.4. The van der Waals surface area contributed by atoms with Crippen LogP contribution in [-0.4, -0.2) is 10.7 Å². The van der Waals surface area contributed by atoms with Crippen LogP contribution < -0.4 is 10.6 Å². The van der Waals surface area contributed by atoms with Gasteiger partial charge < -0.3 is 10.6 Å². The van der Waals surface area contributed by atoms with Crippen LogP contribution in [0.1, 0.15) is 41.5 Å². The Morgan fingerprint density at radius 2 is 1.66 bits per heavy atom. The number of nitro benzene ring substituents is 1. The van der Waals surface area contributed by atoms with Crippen LogP contribution in [0.25, 0.3) is 0 Å². The standard InChI is InChI=1S/C26H23N3O3/c1-16-9-11-17(12-10-16)26-25-23(27-21-7-2-3-8-22(21)28-26)14-19(15-24(25)30)18-5-4-6-20(13-18)29(31)32/h2-13,19,26-28H,14-15H2,1H3. The zero-order chi connectivity index (χ0) is 22.2. The minimum Gasteiger partial charge on any atom is -0.372 e. The Balaban J connectivity index is 1.59. The fourth-order valence-electron chi connectivity index (χ4n) is 4.63. The molecule has 3 aromatic carbocycles. The molecular formula is C26H23N3O3. The van der Waals surface area contributed by atoms with Crippen LogP contribution in [-0.2, 0) is 4.79 Å². The monoisotopic (exact) mass is 425 g/mol. The molecule has 0 radical (unpaired) electrons. The highest BCUT2D eigenvalue weighted by Gasteiger charge is 2.36. The molecule has 32 heavy (non-hydrogen) atoms. The van der Waals surface area contributed by atoms with Crippen LogP contribution >= 0.6 is 0 Å². The van der Waals surface area contributed by atoms with E-state index < -0.39 is 4.92 Å². The van der Waals surface area contributed by atoms with E-state index in [-0.39, 0.29) is 23.4 Å². The third kappa shape index (κ3) is 3.64. The summed E-state index contributed by atoms with van der Waals surface area (Å²) in [6.07, 6.45) is 0.933. The average molecular weight is 425 g/mol. The van der Waals surface area contributed by atoms with Crippen LogP contribution in [0.4, 0.5) is 17.1 Å². The lowest BCUT2D eigenvalue weighted by molar-refractivity contribution is -0.384. The summed E-state index contributed by atoms with van der Waals surface area (Å²) in [6.45, 7) is 2.04. The molecule has 0 aromatic heterocycles. The average Bonchev–Trinajstić information content (AvgIpc) is 2.96. The number of fused-ring (bicyclic) bond motifs is 1. The Morgan fingerprint density at radius 1 is 0.906 bits per heavy atom. The molecule has 0 bridgehead atoms. The number of hydrogen-bond donors (Lipinski definition) is 2. The van der Waals surface area contributed by atoms with Gasteiger partial charge in [0, 0.05) is 29.8 Å². The number of anilines is 2. The van der Waals surface area contributed by atoms with Crippen LogP contribution in [0.3, 0.4) is 0 Å². The molecule has 160 valence electrons. The van der Waals surface area contributed by atoms with Crippen molar-refractivity contribution in [2.75, 3.05) is 10.6 Å². The molecule has 0 saturated carbocycles. The number of para-hydroxylation sites is 2. The van der Waals surface area contributed by atoms with Crippen molar-refractivity contribution >= 4 is 22.8 Å². The van der Waals surface area contributed by atoms with Gasteiger partial charge in [0.2, 0.25) is 0 Å². The first-order valence-corrected chi connectivity index (χ1v) is 10.7. The predicted molar refractivity (Wildman–Crippen MR) is 125 cm³/mol. The normalized spacial score (nSPS) is 19.8. The molecule has 5 rings (SSSR count). The molecule has 0 spiro atoms. The first kappa shape index (κ1) is 20.0. The van der Waals surface area contributed by atoms with E-state index in [1.165, 1.54) is 6.07 Å². The van der Waals surface area contributed by atoms with Crippen molar-refractivity contribution in [3.63, 3.8) is 0 Å².